The van der Waals surface area contributed by atoms with Crippen molar-refractivity contribution in [2.75, 3.05) is 33.9 Å². The molecule has 0 fully saturated rings. The molecule has 0 aliphatic rings. The smallest absolute Gasteiger partial charge is 0.291 e. The Bertz CT molecular complexity index is 619. The van der Waals surface area contributed by atoms with Gasteiger partial charge in [0.15, 0.2) is 0 Å². The van der Waals surface area contributed by atoms with Gasteiger partial charge in [-0.05, 0) is 33.9 Å². The molecular weight excluding hydrogens is 414 g/mol. The second-order valence-corrected chi connectivity index (χ2v) is 12.5. The van der Waals surface area contributed by atoms with Crippen molar-refractivity contribution < 1.29 is 25.2 Å². The zero-order valence-electron chi connectivity index (χ0n) is 19.1. The van der Waals surface area contributed by atoms with Crippen molar-refractivity contribution in [1.82, 2.24) is 4.90 Å². The van der Waals surface area contributed by atoms with Crippen molar-refractivity contribution in [2.45, 2.75) is 95.5 Å². The average molecular weight is 458 g/mol. The molecule has 0 aromatic rings. The molecule has 0 saturated heterocycles. The molecule has 29 heavy (non-hydrogen) atoms. The van der Waals surface area contributed by atoms with Crippen molar-refractivity contribution in [3.05, 3.63) is 0 Å². The van der Waals surface area contributed by atoms with Gasteiger partial charge < -0.3 is 4.90 Å². The van der Waals surface area contributed by atoms with E-state index in [0.29, 0.717) is 12.8 Å². The Morgan fingerprint density at radius 2 is 1.07 bits per heavy atom. The summed E-state index contributed by atoms with van der Waals surface area (Å²) in [4.78, 5) is 1.51. The van der Waals surface area contributed by atoms with Gasteiger partial charge in [0, 0.05) is 6.54 Å². The Hall–Kier alpha value is -0.220. The van der Waals surface area contributed by atoms with Gasteiger partial charge in [0.1, 0.15) is 0 Å². The first-order valence-electron chi connectivity index (χ1n) is 11.0. The third-order valence-electron chi connectivity index (χ3n) is 4.84. The van der Waals surface area contributed by atoms with Crippen molar-refractivity contribution in [3.8, 4) is 0 Å². The fourth-order valence-corrected chi connectivity index (χ4v) is 6.40. The molecule has 0 rings (SSSR count). The zero-order chi connectivity index (χ0) is 22.4. The minimum Gasteiger partial charge on any atom is -0.307 e. The Balaban J connectivity index is 4.52. The van der Waals surface area contributed by atoms with E-state index in [4.69, 9.17) is 8.37 Å². The lowest BCUT2D eigenvalue weighted by molar-refractivity contribution is 0.268. The Labute approximate surface area is 179 Å². The van der Waals surface area contributed by atoms with E-state index >= 15 is 0 Å². The molecule has 0 bridgehead atoms. The van der Waals surface area contributed by atoms with Crippen LogP contribution in [0, 0.1) is 0 Å². The normalized spacial score (nSPS) is 15.0. The third-order valence-corrected chi connectivity index (χ3v) is 9.39. The van der Waals surface area contributed by atoms with Crippen molar-refractivity contribution in [1.29, 1.82) is 0 Å². The molecule has 7 nitrogen and oxygen atoms in total. The summed E-state index contributed by atoms with van der Waals surface area (Å²) in [5.41, 5.74) is 0. The zero-order valence-corrected chi connectivity index (χ0v) is 20.7. The molecular formula is C20H43NO6S2. The summed E-state index contributed by atoms with van der Waals surface area (Å²) >= 11 is 0. The SMILES string of the molecule is CCCCCCCCCCCCOS(=O)(=O)C(C)(CN(C)C)S(=O)(=O)OCCC. The van der Waals surface area contributed by atoms with Crippen LogP contribution in [0.25, 0.3) is 0 Å². The highest BCUT2D eigenvalue weighted by Gasteiger charge is 2.53. The first-order chi connectivity index (χ1) is 13.5. The highest BCUT2D eigenvalue weighted by molar-refractivity contribution is 8.06. The number of hydrogen-bond acceptors (Lipinski definition) is 7. The van der Waals surface area contributed by atoms with Gasteiger partial charge in [0.2, 0.25) is 4.08 Å². The standard InChI is InChI=1S/C20H43NO6S2/c1-6-8-9-10-11-12-13-14-15-16-18-27-29(24,25)20(3,19-21(4)5)28(22,23)26-17-7-2/h6-19H2,1-5H3. The van der Waals surface area contributed by atoms with Gasteiger partial charge in [-0.3, -0.25) is 8.37 Å². The van der Waals surface area contributed by atoms with Gasteiger partial charge in [-0.15, -0.1) is 0 Å². The van der Waals surface area contributed by atoms with E-state index in [2.05, 4.69) is 6.92 Å². The van der Waals surface area contributed by atoms with Crippen molar-refractivity contribution in [2.24, 2.45) is 0 Å². The minimum atomic E-state index is -4.37. The van der Waals surface area contributed by atoms with E-state index in [1.165, 1.54) is 43.4 Å². The Kier molecular flexibility index (Phi) is 14.6. The van der Waals surface area contributed by atoms with E-state index in [9.17, 15) is 16.8 Å². The first kappa shape index (κ1) is 28.8. The molecule has 1 unspecified atom stereocenters. The monoisotopic (exact) mass is 457 g/mol. The molecule has 0 spiro atoms. The molecule has 0 aromatic heterocycles. The number of unbranched alkanes of at least 4 members (excludes halogenated alkanes) is 9. The predicted octanol–water partition coefficient (Wildman–Crippen LogP) is 4.29. The lowest BCUT2D eigenvalue weighted by Gasteiger charge is -2.30. The van der Waals surface area contributed by atoms with Crippen LogP contribution in [0.5, 0.6) is 0 Å². The highest BCUT2D eigenvalue weighted by atomic mass is 32.3. The minimum absolute atomic E-state index is 0.00878. The quantitative estimate of drug-likeness (QED) is 0.211. The summed E-state index contributed by atoms with van der Waals surface area (Å²) in [6.07, 6.45) is 11.7. The van der Waals surface area contributed by atoms with Crippen LogP contribution in [0.1, 0.15) is 91.4 Å². The first-order valence-corrected chi connectivity index (χ1v) is 13.8. The molecule has 176 valence electrons. The van der Waals surface area contributed by atoms with E-state index in [1.807, 2.05) is 0 Å². The largest absolute Gasteiger partial charge is 0.307 e. The lowest BCUT2D eigenvalue weighted by Crippen LogP contribution is -2.52. The van der Waals surface area contributed by atoms with Crippen molar-refractivity contribution in [3.63, 3.8) is 0 Å². The lowest BCUT2D eigenvalue weighted by atomic mass is 10.1. The summed E-state index contributed by atoms with van der Waals surface area (Å²) in [5, 5.41) is 0. The summed E-state index contributed by atoms with van der Waals surface area (Å²) in [5.74, 6) is 0. The molecule has 0 heterocycles. The van der Waals surface area contributed by atoms with Crippen LogP contribution < -0.4 is 0 Å². The van der Waals surface area contributed by atoms with Crippen LogP contribution in [0.15, 0.2) is 0 Å². The molecule has 1 atom stereocenters. The summed E-state index contributed by atoms with van der Waals surface area (Å²) in [7, 11) is -5.49. The fraction of sp³-hybridized carbons (Fsp3) is 1.00. The second kappa shape index (κ2) is 14.7. The van der Waals surface area contributed by atoms with Gasteiger partial charge in [0.05, 0.1) is 13.2 Å². The number of hydrogen-bond donors (Lipinski definition) is 0. The molecule has 0 aliphatic carbocycles. The van der Waals surface area contributed by atoms with Gasteiger partial charge >= 0.3 is 0 Å². The van der Waals surface area contributed by atoms with Crippen molar-refractivity contribution >= 4 is 20.2 Å². The second-order valence-electron chi connectivity index (χ2n) is 8.11. The van der Waals surface area contributed by atoms with Crippen LogP contribution in [0.2, 0.25) is 0 Å². The van der Waals surface area contributed by atoms with Crippen LogP contribution in [-0.2, 0) is 28.6 Å². The Morgan fingerprint density at radius 1 is 0.655 bits per heavy atom. The molecule has 0 N–H and O–H groups in total. The van der Waals surface area contributed by atoms with Crippen LogP contribution in [-0.4, -0.2) is 59.7 Å². The molecule has 0 amide bonds. The number of nitrogens with zero attached hydrogens (tertiary/aromatic N) is 1. The highest BCUT2D eigenvalue weighted by Crippen LogP contribution is 2.29. The van der Waals surface area contributed by atoms with E-state index in [0.717, 1.165) is 26.2 Å². The van der Waals surface area contributed by atoms with Crippen LogP contribution in [0.3, 0.4) is 0 Å². The molecule has 0 aromatic carbocycles. The topological polar surface area (TPSA) is 90.0 Å². The molecule has 0 radical (unpaired) electrons. The average Bonchev–Trinajstić information content (AvgIpc) is 2.63. The van der Waals surface area contributed by atoms with Gasteiger partial charge in [-0.2, -0.15) is 16.8 Å². The summed E-state index contributed by atoms with van der Waals surface area (Å²) < 4.78 is 58.5. The van der Waals surface area contributed by atoms with Crippen LogP contribution in [0.4, 0.5) is 0 Å². The molecule has 0 saturated carbocycles. The van der Waals surface area contributed by atoms with E-state index < -0.39 is 24.3 Å². The maximum absolute atomic E-state index is 12.8. The van der Waals surface area contributed by atoms with Gasteiger partial charge in [-0.25, -0.2) is 0 Å². The number of rotatable bonds is 19. The predicted molar refractivity (Wildman–Crippen MR) is 119 cm³/mol. The van der Waals surface area contributed by atoms with E-state index in [1.54, 1.807) is 21.0 Å². The van der Waals surface area contributed by atoms with Gasteiger partial charge in [0.25, 0.3) is 20.2 Å². The summed E-state index contributed by atoms with van der Waals surface area (Å²) in [6, 6.07) is 0. The maximum atomic E-state index is 12.8. The third kappa shape index (κ3) is 10.6. The maximum Gasteiger partial charge on any atom is 0.291 e. The Morgan fingerprint density at radius 3 is 1.48 bits per heavy atom. The molecule has 9 heteroatoms. The summed E-state index contributed by atoms with van der Waals surface area (Å²) in [6.45, 7) is 4.82. The van der Waals surface area contributed by atoms with E-state index in [-0.39, 0.29) is 19.8 Å². The fourth-order valence-electron chi connectivity index (χ4n) is 3.06. The molecule has 0 aliphatic heterocycles. The van der Waals surface area contributed by atoms with Crippen LogP contribution >= 0.6 is 0 Å². The van der Waals surface area contributed by atoms with Gasteiger partial charge in [-0.1, -0.05) is 71.6 Å².